The summed E-state index contributed by atoms with van der Waals surface area (Å²) in [6, 6.07) is 11.0. The number of allylic oxidation sites excluding steroid dienone is 4. The molecule has 0 saturated carbocycles. The van der Waals surface area contributed by atoms with E-state index in [-0.39, 0.29) is 11.3 Å². The predicted octanol–water partition coefficient (Wildman–Crippen LogP) is 6.79. The molecule has 1 aliphatic carbocycles. The van der Waals surface area contributed by atoms with Crippen molar-refractivity contribution in [2.45, 2.75) is 53.1 Å². The van der Waals surface area contributed by atoms with Gasteiger partial charge in [-0.05, 0) is 67.5 Å². The Kier molecular flexibility index (Phi) is 5.96. The number of aryl methyl sites for hydroxylation is 1. The lowest BCUT2D eigenvalue weighted by atomic mass is 10.1. The number of fused-ring (bicyclic) bond motifs is 1. The number of rotatable bonds is 6. The van der Waals surface area contributed by atoms with Gasteiger partial charge >= 0.3 is 0 Å². The van der Waals surface area contributed by atoms with Crippen LogP contribution in [0.4, 0.5) is 5.82 Å². The summed E-state index contributed by atoms with van der Waals surface area (Å²) in [5.74, 6) is 1.27. The molecule has 1 aliphatic rings. The SMILES string of the molecule is Cc1cccc(-c2cc3nc(Cl)nc(N[C@H](C)C(C)C)c3n2CC2=CCCC=C2)c1. The van der Waals surface area contributed by atoms with Crippen LogP contribution in [0.25, 0.3) is 22.3 Å². The van der Waals surface area contributed by atoms with Crippen molar-refractivity contribution in [3.8, 4) is 11.3 Å². The van der Waals surface area contributed by atoms with Gasteiger partial charge < -0.3 is 9.88 Å². The van der Waals surface area contributed by atoms with Crippen molar-refractivity contribution in [1.29, 1.82) is 0 Å². The van der Waals surface area contributed by atoms with Crippen LogP contribution in [-0.2, 0) is 6.54 Å². The van der Waals surface area contributed by atoms with E-state index in [0.717, 1.165) is 41.9 Å². The van der Waals surface area contributed by atoms with Crippen LogP contribution in [0.1, 0.15) is 39.2 Å². The number of anilines is 1. The molecule has 0 bridgehead atoms. The van der Waals surface area contributed by atoms with Crippen LogP contribution in [0.3, 0.4) is 0 Å². The van der Waals surface area contributed by atoms with E-state index in [9.17, 15) is 0 Å². The van der Waals surface area contributed by atoms with Crippen LogP contribution >= 0.6 is 11.6 Å². The predicted molar refractivity (Wildman–Crippen MR) is 127 cm³/mol. The third kappa shape index (κ3) is 4.29. The van der Waals surface area contributed by atoms with Gasteiger partial charge in [0.1, 0.15) is 5.52 Å². The van der Waals surface area contributed by atoms with Crippen LogP contribution in [0.15, 0.2) is 54.1 Å². The average Bonchev–Trinajstić information content (AvgIpc) is 3.06. The normalized spacial score (nSPS) is 14.9. The molecule has 0 spiro atoms. The number of hydrogen-bond donors (Lipinski definition) is 1. The van der Waals surface area contributed by atoms with Crippen molar-refractivity contribution in [3.05, 3.63) is 65.0 Å². The maximum atomic E-state index is 6.32. The zero-order valence-electron chi connectivity index (χ0n) is 18.1. The standard InChI is InChI=1S/C25H29ClN4/c1-16(2)18(4)27-24-23-21(28-25(26)29-24)14-22(20-12-8-9-17(3)13-20)30(23)15-19-10-6-5-7-11-19/h6,8-14,16,18H,5,7,15H2,1-4H3,(H,27,28,29)/t18-/m1/s1. The van der Waals surface area contributed by atoms with Crippen molar-refractivity contribution in [2.24, 2.45) is 5.92 Å². The Balaban J connectivity index is 1.92. The van der Waals surface area contributed by atoms with E-state index in [2.05, 4.69) is 96.1 Å². The molecule has 1 aromatic carbocycles. The Morgan fingerprint density at radius 1 is 1.13 bits per heavy atom. The molecule has 1 atom stereocenters. The molecule has 0 saturated heterocycles. The summed E-state index contributed by atoms with van der Waals surface area (Å²) in [7, 11) is 0. The molecule has 2 aromatic heterocycles. The molecule has 0 fully saturated rings. The maximum absolute atomic E-state index is 6.32. The highest BCUT2D eigenvalue weighted by atomic mass is 35.5. The van der Waals surface area contributed by atoms with E-state index in [0.29, 0.717) is 5.92 Å². The highest BCUT2D eigenvalue weighted by Crippen LogP contribution is 2.34. The first kappa shape index (κ1) is 20.7. The van der Waals surface area contributed by atoms with Crippen LogP contribution in [0.2, 0.25) is 5.28 Å². The van der Waals surface area contributed by atoms with Crippen LogP contribution in [0.5, 0.6) is 0 Å². The molecule has 4 nitrogen and oxygen atoms in total. The number of aromatic nitrogens is 3. The summed E-state index contributed by atoms with van der Waals surface area (Å²) in [6.07, 6.45) is 9.00. The summed E-state index contributed by atoms with van der Waals surface area (Å²) in [5.41, 5.74) is 6.72. The fourth-order valence-corrected chi connectivity index (χ4v) is 3.97. The van der Waals surface area contributed by atoms with Gasteiger partial charge in [-0.2, -0.15) is 4.98 Å². The van der Waals surface area contributed by atoms with Crippen molar-refractivity contribution in [3.63, 3.8) is 0 Å². The summed E-state index contributed by atoms with van der Waals surface area (Å²) < 4.78 is 2.33. The average molecular weight is 421 g/mol. The van der Waals surface area contributed by atoms with E-state index in [4.69, 9.17) is 11.6 Å². The number of benzene rings is 1. The van der Waals surface area contributed by atoms with Gasteiger partial charge in [-0.3, -0.25) is 0 Å². The van der Waals surface area contributed by atoms with Gasteiger partial charge in [-0.15, -0.1) is 0 Å². The Morgan fingerprint density at radius 3 is 2.67 bits per heavy atom. The van der Waals surface area contributed by atoms with E-state index >= 15 is 0 Å². The van der Waals surface area contributed by atoms with Crippen LogP contribution in [0, 0.1) is 12.8 Å². The first-order valence-corrected chi connectivity index (χ1v) is 11.1. The molecule has 5 heteroatoms. The van der Waals surface area contributed by atoms with Gasteiger partial charge in [-0.1, -0.05) is 55.8 Å². The Morgan fingerprint density at radius 2 is 1.97 bits per heavy atom. The molecule has 2 heterocycles. The van der Waals surface area contributed by atoms with Crippen LogP contribution < -0.4 is 5.32 Å². The van der Waals surface area contributed by atoms with Gasteiger partial charge in [-0.25, -0.2) is 4.98 Å². The van der Waals surface area contributed by atoms with E-state index < -0.39 is 0 Å². The van der Waals surface area contributed by atoms with Crippen LogP contribution in [-0.4, -0.2) is 20.6 Å². The zero-order valence-corrected chi connectivity index (χ0v) is 18.9. The van der Waals surface area contributed by atoms with Crippen molar-refractivity contribution in [2.75, 3.05) is 5.32 Å². The topological polar surface area (TPSA) is 42.7 Å². The second-order valence-electron chi connectivity index (χ2n) is 8.50. The number of hydrogen-bond acceptors (Lipinski definition) is 3. The van der Waals surface area contributed by atoms with Gasteiger partial charge in [0.15, 0.2) is 5.82 Å². The summed E-state index contributed by atoms with van der Waals surface area (Å²) in [6.45, 7) is 9.47. The van der Waals surface area contributed by atoms with Gasteiger partial charge in [0, 0.05) is 12.6 Å². The fraction of sp³-hybridized carbons (Fsp3) is 0.360. The fourth-order valence-electron chi connectivity index (χ4n) is 3.80. The lowest BCUT2D eigenvalue weighted by Gasteiger charge is -2.20. The first-order chi connectivity index (χ1) is 14.4. The minimum atomic E-state index is 0.263. The maximum Gasteiger partial charge on any atom is 0.225 e. The number of nitrogens with zero attached hydrogens (tertiary/aromatic N) is 3. The first-order valence-electron chi connectivity index (χ1n) is 10.7. The van der Waals surface area contributed by atoms with E-state index in [1.807, 2.05) is 0 Å². The molecule has 0 unspecified atom stereocenters. The Bertz CT molecular complexity index is 1120. The Labute approximate surface area is 183 Å². The molecule has 0 radical (unpaired) electrons. The lowest BCUT2D eigenvalue weighted by Crippen LogP contribution is -2.23. The second-order valence-corrected chi connectivity index (χ2v) is 8.83. The van der Waals surface area contributed by atoms with Crippen molar-refractivity contribution >= 4 is 28.5 Å². The molecule has 1 N–H and O–H groups in total. The third-order valence-electron chi connectivity index (χ3n) is 5.81. The highest BCUT2D eigenvalue weighted by Gasteiger charge is 2.20. The molecular formula is C25H29ClN4. The van der Waals surface area contributed by atoms with Gasteiger partial charge in [0.2, 0.25) is 5.28 Å². The van der Waals surface area contributed by atoms with Crippen molar-refractivity contribution < 1.29 is 0 Å². The molecule has 0 amide bonds. The summed E-state index contributed by atoms with van der Waals surface area (Å²) in [4.78, 5) is 9.15. The molecule has 156 valence electrons. The van der Waals surface area contributed by atoms with Gasteiger partial charge in [0.25, 0.3) is 0 Å². The largest absolute Gasteiger partial charge is 0.365 e. The minimum absolute atomic E-state index is 0.263. The molecule has 30 heavy (non-hydrogen) atoms. The highest BCUT2D eigenvalue weighted by molar-refractivity contribution is 6.28. The van der Waals surface area contributed by atoms with Gasteiger partial charge in [0.05, 0.1) is 11.2 Å². The second kappa shape index (κ2) is 8.65. The summed E-state index contributed by atoms with van der Waals surface area (Å²) >= 11 is 6.32. The quantitative estimate of drug-likeness (QED) is 0.446. The van der Waals surface area contributed by atoms with E-state index in [1.165, 1.54) is 16.7 Å². The molecular weight excluding hydrogens is 392 g/mol. The molecule has 4 rings (SSSR count). The van der Waals surface area contributed by atoms with E-state index in [1.54, 1.807) is 0 Å². The molecule has 3 aromatic rings. The molecule has 0 aliphatic heterocycles. The lowest BCUT2D eigenvalue weighted by molar-refractivity contribution is 0.558. The monoisotopic (exact) mass is 420 g/mol. The van der Waals surface area contributed by atoms with Crippen molar-refractivity contribution in [1.82, 2.24) is 14.5 Å². The zero-order chi connectivity index (χ0) is 21.3. The number of nitrogens with one attached hydrogen (secondary N) is 1. The third-order valence-corrected chi connectivity index (χ3v) is 5.98. The summed E-state index contributed by atoms with van der Waals surface area (Å²) in [5, 5.41) is 3.85. The Hall–Kier alpha value is -2.59. The minimum Gasteiger partial charge on any atom is -0.365 e. The number of halogens is 1. The smallest absolute Gasteiger partial charge is 0.225 e.